The topological polar surface area (TPSA) is 96.8 Å². The van der Waals surface area contributed by atoms with E-state index < -0.39 is 17.2 Å². The SMILES string of the molecule is CNC(=O)Nc1ccn2c(-c3ccccc3)c(-c3ccc(C4(NC(=O)OC(C)(C)C)CCC4)cc3)nc2c1. The van der Waals surface area contributed by atoms with Crippen molar-refractivity contribution < 1.29 is 14.3 Å². The molecule has 3 amide bonds. The molecule has 1 saturated carbocycles. The number of carbonyl (C=O) groups is 2. The summed E-state index contributed by atoms with van der Waals surface area (Å²) < 4.78 is 7.56. The van der Waals surface area contributed by atoms with Gasteiger partial charge in [0, 0.05) is 36.1 Å². The fraction of sp³-hybridized carbons (Fsp3) is 0.300. The van der Waals surface area contributed by atoms with Gasteiger partial charge >= 0.3 is 12.1 Å². The third kappa shape index (κ3) is 5.07. The second-order valence-corrected chi connectivity index (χ2v) is 10.7. The highest BCUT2D eigenvalue weighted by Crippen LogP contribution is 2.42. The third-order valence-corrected chi connectivity index (χ3v) is 6.82. The number of carbonyl (C=O) groups excluding carboxylic acids is 2. The fourth-order valence-electron chi connectivity index (χ4n) is 4.85. The molecule has 4 aromatic rings. The number of nitrogens with one attached hydrogen (secondary N) is 3. The maximum absolute atomic E-state index is 12.6. The molecule has 2 aromatic heterocycles. The number of ether oxygens (including phenoxy) is 1. The minimum Gasteiger partial charge on any atom is -0.444 e. The molecule has 0 unspecified atom stereocenters. The number of alkyl carbamates (subject to hydrolysis) is 1. The van der Waals surface area contributed by atoms with Gasteiger partial charge < -0.3 is 20.7 Å². The summed E-state index contributed by atoms with van der Waals surface area (Å²) in [6, 6.07) is 21.8. The number of amides is 3. The highest BCUT2D eigenvalue weighted by molar-refractivity contribution is 5.90. The third-order valence-electron chi connectivity index (χ3n) is 6.82. The number of urea groups is 1. The van der Waals surface area contributed by atoms with Crippen LogP contribution in [0.15, 0.2) is 72.9 Å². The van der Waals surface area contributed by atoms with Crippen LogP contribution in [0.25, 0.3) is 28.2 Å². The molecular formula is C30H33N5O3. The number of anilines is 1. The van der Waals surface area contributed by atoms with Crippen molar-refractivity contribution in [3.63, 3.8) is 0 Å². The molecule has 38 heavy (non-hydrogen) atoms. The Hall–Kier alpha value is -4.33. The van der Waals surface area contributed by atoms with Crippen LogP contribution < -0.4 is 16.0 Å². The Balaban J connectivity index is 1.51. The first kappa shape index (κ1) is 25.3. The molecular weight excluding hydrogens is 478 g/mol. The monoisotopic (exact) mass is 511 g/mol. The van der Waals surface area contributed by atoms with Gasteiger partial charge in [0.25, 0.3) is 0 Å². The average molecular weight is 512 g/mol. The van der Waals surface area contributed by atoms with Crippen LogP contribution in [0.3, 0.4) is 0 Å². The van der Waals surface area contributed by atoms with Crippen molar-refractivity contribution in [2.45, 2.75) is 51.2 Å². The van der Waals surface area contributed by atoms with Gasteiger partial charge in [-0.15, -0.1) is 0 Å². The summed E-state index contributed by atoms with van der Waals surface area (Å²) in [5, 5.41) is 8.51. The molecule has 1 aliphatic carbocycles. The van der Waals surface area contributed by atoms with Crippen molar-refractivity contribution >= 4 is 23.5 Å². The molecule has 3 N–H and O–H groups in total. The van der Waals surface area contributed by atoms with E-state index in [1.807, 2.05) is 61.7 Å². The van der Waals surface area contributed by atoms with E-state index >= 15 is 0 Å². The Kier molecular flexibility index (Phi) is 6.57. The highest BCUT2D eigenvalue weighted by Gasteiger charge is 2.41. The molecule has 0 bridgehead atoms. The molecule has 2 heterocycles. The van der Waals surface area contributed by atoms with E-state index in [-0.39, 0.29) is 6.03 Å². The van der Waals surface area contributed by atoms with Crippen molar-refractivity contribution in [1.29, 1.82) is 0 Å². The van der Waals surface area contributed by atoms with Gasteiger partial charge in [-0.05, 0) is 51.7 Å². The molecule has 0 radical (unpaired) electrons. The van der Waals surface area contributed by atoms with Crippen molar-refractivity contribution in [3.8, 4) is 22.5 Å². The van der Waals surface area contributed by atoms with Crippen LogP contribution in [0.5, 0.6) is 0 Å². The van der Waals surface area contributed by atoms with Crippen LogP contribution >= 0.6 is 0 Å². The van der Waals surface area contributed by atoms with Gasteiger partial charge in [0.1, 0.15) is 11.2 Å². The fourth-order valence-corrected chi connectivity index (χ4v) is 4.85. The van der Waals surface area contributed by atoms with Gasteiger partial charge in [0.15, 0.2) is 0 Å². The highest BCUT2D eigenvalue weighted by atomic mass is 16.6. The Morgan fingerprint density at radius 3 is 2.29 bits per heavy atom. The quantitative estimate of drug-likeness (QED) is 0.292. The van der Waals surface area contributed by atoms with Crippen LogP contribution in [0.4, 0.5) is 15.3 Å². The Morgan fingerprint density at radius 2 is 1.68 bits per heavy atom. The zero-order valence-corrected chi connectivity index (χ0v) is 22.2. The van der Waals surface area contributed by atoms with Crippen LogP contribution in [-0.2, 0) is 10.3 Å². The van der Waals surface area contributed by atoms with Gasteiger partial charge in [-0.25, -0.2) is 14.6 Å². The van der Waals surface area contributed by atoms with E-state index in [4.69, 9.17) is 9.72 Å². The number of aromatic nitrogens is 2. The maximum atomic E-state index is 12.6. The summed E-state index contributed by atoms with van der Waals surface area (Å²) in [4.78, 5) is 29.4. The Morgan fingerprint density at radius 1 is 0.974 bits per heavy atom. The molecule has 0 aliphatic heterocycles. The summed E-state index contributed by atoms with van der Waals surface area (Å²) in [5.74, 6) is 0. The molecule has 0 spiro atoms. The van der Waals surface area contributed by atoms with Gasteiger partial charge in [-0.2, -0.15) is 0 Å². The molecule has 5 rings (SSSR count). The zero-order valence-electron chi connectivity index (χ0n) is 22.2. The molecule has 2 aromatic carbocycles. The van der Waals surface area contributed by atoms with Crippen LogP contribution in [0.1, 0.15) is 45.6 Å². The summed E-state index contributed by atoms with van der Waals surface area (Å²) >= 11 is 0. The van der Waals surface area contributed by atoms with Crippen molar-refractivity contribution in [1.82, 2.24) is 20.0 Å². The standard InChI is InChI=1S/C30H33N5O3/c1-29(2,3)38-28(37)34-30(16-8-17-30)22-13-11-20(12-14-22)25-26(21-9-6-5-7-10-21)35-18-15-23(19-24(35)33-25)32-27(36)31-4/h5-7,9-15,18-19H,8,16-17H2,1-4H3,(H,34,37)(H2,31,32,36). The van der Waals surface area contributed by atoms with Crippen LogP contribution in [0.2, 0.25) is 0 Å². The second kappa shape index (κ2) is 9.85. The predicted octanol–water partition coefficient (Wildman–Crippen LogP) is 6.32. The first-order valence-corrected chi connectivity index (χ1v) is 12.9. The smallest absolute Gasteiger partial charge is 0.408 e. The van der Waals surface area contributed by atoms with Gasteiger partial charge in [0.2, 0.25) is 0 Å². The summed E-state index contributed by atoms with van der Waals surface area (Å²) in [6.07, 6.45) is 4.32. The van der Waals surface area contributed by atoms with Crippen molar-refractivity contribution in [3.05, 3.63) is 78.5 Å². The van der Waals surface area contributed by atoms with Gasteiger partial charge in [-0.1, -0.05) is 54.6 Å². The number of rotatable bonds is 5. The molecule has 0 atom stereocenters. The Labute approximate surface area is 222 Å². The van der Waals surface area contributed by atoms with Crippen molar-refractivity contribution in [2.24, 2.45) is 0 Å². The number of hydrogen-bond donors (Lipinski definition) is 3. The number of pyridine rings is 1. The van der Waals surface area contributed by atoms with Crippen molar-refractivity contribution in [2.75, 3.05) is 12.4 Å². The minimum absolute atomic E-state index is 0.287. The lowest BCUT2D eigenvalue weighted by Gasteiger charge is -2.43. The number of imidazole rings is 1. The molecule has 8 nitrogen and oxygen atoms in total. The predicted molar refractivity (Wildman–Crippen MR) is 149 cm³/mol. The number of nitrogens with zero attached hydrogens (tertiary/aromatic N) is 2. The number of fused-ring (bicyclic) bond motifs is 1. The Bertz CT molecular complexity index is 1470. The van der Waals surface area contributed by atoms with Gasteiger partial charge in [0.05, 0.1) is 16.9 Å². The summed E-state index contributed by atoms with van der Waals surface area (Å²) in [7, 11) is 1.58. The van der Waals surface area contributed by atoms with E-state index in [0.717, 1.165) is 53.0 Å². The zero-order chi connectivity index (χ0) is 26.9. The second-order valence-electron chi connectivity index (χ2n) is 10.7. The van der Waals surface area contributed by atoms with E-state index in [0.29, 0.717) is 5.69 Å². The minimum atomic E-state index is -0.550. The summed E-state index contributed by atoms with van der Waals surface area (Å²) in [5.41, 5.74) is 5.26. The lowest BCUT2D eigenvalue weighted by atomic mass is 9.71. The molecule has 1 fully saturated rings. The van der Waals surface area contributed by atoms with E-state index in [2.05, 4.69) is 52.3 Å². The first-order valence-electron chi connectivity index (χ1n) is 12.9. The molecule has 196 valence electrons. The van der Waals surface area contributed by atoms with E-state index in [1.165, 1.54) is 0 Å². The van der Waals surface area contributed by atoms with Crippen LogP contribution in [-0.4, -0.2) is 34.2 Å². The van der Waals surface area contributed by atoms with E-state index in [1.54, 1.807) is 7.05 Å². The molecule has 0 saturated heterocycles. The van der Waals surface area contributed by atoms with E-state index in [9.17, 15) is 9.59 Å². The van der Waals surface area contributed by atoms with Gasteiger partial charge in [-0.3, -0.25) is 4.40 Å². The lowest BCUT2D eigenvalue weighted by Crippen LogP contribution is -2.52. The molecule has 8 heteroatoms. The summed E-state index contributed by atoms with van der Waals surface area (Å²) in [6.45, 7) is 5.60. The first-order chi connectivity index (χ1) is 18.2. The maximum Gasteiger partial charge on any atom is 0.408 e. The number of benzene rings is 2. The average Bonchev–Trinajstić information content (AvgIpc) is 3.24. The molecule has 1 aliphatic rings. The lowest BCUT2D eigenvalue weighted by molar-refractivity contribution is 0.0377. The normalized spacial score (nSPS) is 14.4. The largest absolute Gasteiger partial charge is 0.444 e. The number of hydrogen-bond acceptors (Lipinski definition) is 4. The van der Waals surface area contributed by atoms with Crippen LogP contribution in [0, 0.1) is 0 Å².